The number of aromatic nitrogens is 1. The van der Waals surface area contributed by atoms with Gasteiger partial charge in [0.2, 0.25) is 5.56 Å². The number of hydrogen-bond acceptors (Lipinski definition) is 4. The molecule has 0 unspecified atom stereocenters. The molecule has 6 nitrogen and oxygen atoms in total. The van der Waals surface area contributed by atoms with Crippen LogP contribution in [0.5, 0.6) is 0 Å². The lowest BCUT2D eigenvalue weighted by Crippen LogP contribution is -2.22. The third-order valence-electron chi connectivity index (χ3n) is 3.53. The number of fused-ring (bicyclic) bond motifs is 1. The molecule has 8 heteroatoms. The Bertz CT molecular complexity index is 1060. The largest absolute Gasteiger partial charge is 0.452 e. The maximum absolute atomic E-state index is 12.3. The van der Waals surface area contributed by atoms with E-state index in [2.05, 4.69) is 10.3 Å². The number of esters is 1. The first kappa shape index (κ1) is 18.0. The summed E-state index contributed by atoms with van der Waals surface area (Å²) in [5.74, 6) is -1.36. The van der Waals surface area contributed by atoms with E-state index in [1.165, 1.54) is 0 Å². The van der Waals surface area contributed by atoms with Crippen LogP contribution in [0.4, 0.5) is 5.69 Å². The number of anilines is 1. The van der Waals surface area contributed by atoms with Crippen molar-refractivity contribution in [2.24, 2.45) is 0 Å². The SMILES string of the molecule is O=C(COC(=O)c1cc(=O)[nH]c2ccccc12)Nc1cccc(Cl)c1Cl. The Hall–Kier alpha value is -2.83. The molecule has 0 atom stereocenters. The van der Waals surface area contributed by atoms with E-state index in [1.807, 2.05) is 0 Å². The van der Waals surface area contributed by atoms with Gasteiger partial charge in [-0.3, -0.25) is 9.59 Å². The number of ether oxygens (including phenoxy) is 1. The number of carbonyl (C=O) groups is 2. The van der Waals surface area contributed by atoms with Crippen LogP contribution in [0.1, 0.15) is 10.4 Å². The Balaban J connectivity index is 1.72. The van der Waals surface area contributed by atoms with Gasteiger partial charge in [-0.25, -0.2) is 4.79 Å². The van der Waals surface area contributed by atoms with Crippen molar-refractivity contribution < 1.29 is 14.3 Å². The molecule has 0 aliphatic carbocycles. The summed E-state index contributed by atoms with van der Waals surface area (Å²) in [6.07, 6.45) is 0. The molecular weight excluding hydrogens is 379 g/mol. The van der Waals surface area contributed by atoms with Gasteiger partial charge in [-0.15, -0.1) is 0 Å². The highest BCUT2D eigenvalue weighted by molar-refractivity contribution is 6.44. The van der Waals surface area contributed by atoms with Crippen molar-refractivity contribution in [2.75, 3.05) is 11.9 Å². The molecule has 1 aromatic heterocycles. The van der Waals surface area contributed by atoms with Crippen LogP contribution in [0.2, 0.25) is 10.0 Å². The average molecular weight is 391 g/mol. The fraction of sp³-hybridized carbons (Fsp3) is 0.0556. The van der Waals surface area contributed by atoms with E-state index < -0.39 is 24.0 Å². The Morgan fingerprint density at radius 3 is 2.65 bits per heavy atom. The number of para-hydroxylation sites is 1. The second kappa shape index (κ2) is 7.59. The van der Waals surface area contributed by atoms with Crippen molar-refractivity contribution in [1.29, 1.82) is 0 Å². The predicted octanol–water partition coefficient (Wildman–Crippen LogP) is 3.63. The number of benzene rings is 2. The van der Waals surface area contributed by atoms with E-state index in [9.17, 15) is 14.4 Å². The number of nitrogens with one attached hydrogen (secondary N) is 2. The number of rotatable bonds is 4. The molecule has 0 bridgehead atoms. The predicted molar refractivity (Wildman–Crippen MR) is 99.9 cm³/mol. The molecule has 2 N–H and O–H groups in total. The normalized spacial score (nSPS) is 10.5. The highest BCUT2D eigenvalue weighted by Gasteiger charge is 2.15. The number of halogens is 2. The third-order valence-corrected chi connectivity index (χ3v) is 4.35. The fourth-order valence-electron chi connectivity index (χ4n) is 2.37. The Kier molecular flexibility index (Phi) is 5.25. The first-order chi connectivity index (χ1) is 12.5. The zero-order valence-corrected chi connectivity index (χ0v) is 14.7. The molecule has 0 radical (unpaired) electrons. The zero-order valence-electron chi connectivity index (χ0n) is 13.2. The molecule has 1 heterocycles. The Labute approximate surface area is 157 Å². The van der Waals surface area contributed by atoms with Gasteiger partial charge in [0, 0.05) is 17.0 Å². The van der Waals surface area contributed by atoms with Crippen molar-refractivity contribution in [2.45, 2.75) is 0 Å². The van der Waals surface area contributed by atoms with Crippen molar-refractivity contribution in [3.05, 3.63) is 74.5 Å². The third kappa shape index (κ3) is 3.87. The Morgan fingerprint density at radius 1 is 1.08 bits per heavy atom. The van der Waals surface area contributed by atoms with Gasteiger partial charge in [0.15, 0.2) is 6.61 Å². The number of aromatic amines is 1. The summed E-state index contributed by atoms with van der Waals surface area (Å²) in [5, 5.41) is 3.51. The summed E-state index contributed by atoms with van der Waals surface area (Å²) in [7, 11) is 0. The smallest absolute Gasteiger partial charge is 0.339 e. The van der Waals surface area contributed by atoms with Gasteiger partial charge in [0.05, 0.1) is 21.3 Å². The van der Waals surface area contributed by atoms with Crippen LogP contribution in [0.15, 0.2) is 53.3 Å². The number of hydrogen-bond donors (Lipinski definition) is 2. The minimum atomic E-state index is -0.778. The molecule has 0 aliphatic rings. The quantitative estimate of drug-likeness (QED) is 0.665. The highest BCUT2D eigenvalue weighted by atomic mass is 35.5. The van der Waals surface area contributed by atoms with E-state index >= 15 is 0 Å². The summed E-state index contributed by atoms with van der Waals surface area (Å²) in [4.78, 5) is 38.6. The molecule has 0 saturated heterocycles. The number of amides is 1. The second-order valence-corrected chi connectivity index (χ2v) is 6.10. The standard InChI is InChI=1S/C18H12Cl2N2O4/c19-12-5-3-7-14(17(12)20)22-16(24)9-26-18(25)11-8-15(23)21-13-6-2-1-4-10(11)13/h1-8H,9H2,(H,21,23)(H,22,24). The van der Waals surface area contributed by atoms with Gasteiger partial charge in [0.25, 0.3) is 5.91 Å². The van der Waals surface area contributed by atoms with Crippen LogP contribution in [0.3, 0.4) is 0 Å². The van der Waals surface area contributed by atoms with E-state index in [4.69, 9.17) is 27.9 Å². The highest BCUT2D eigenvalue weighted by Crippen LogP contribution is 2.29. The van der Waals surface area contributed by atoms with Gasteiger partial charge in [0.1, 0.15) is 0 Å². The molecule has 1 amide bonds. The van der Waals surface area contributed by atoms with Crippen LogP contribution >= 0.6 is 23.2 Å². The topological polar surface area (TPSA) is 88.3 Å². The Morgan fingerprint density at radius 2 is 1.85 bits per heavy atom. The lowest BCUT2D eigenvalue weighted by Gasteiger charge is -2.09. The second-order valence-electron chi connectivity index (χ2n) is 5.32. The van der Waals surface area contributed by atoms with Crippen molar-refractivity contribution in [3.8, 4) is 0 Å². The van der Waals surface area contributed by atoms with Gasteiger partial charge >= 0.3 is 5.97 Å². The van der Waals surface area contributed by atoms with E-state index in [0.717, 1.165) is 6.07 Å². The molecule has 0 saturated carbocycles. The molecule has 3 rings (SSSR count). The molecular formula is C18H12Cl2N2O4. The molecule has 2 aromatic carbocycles. The van der Waals surface area contributed by atoms with Crippen molar-refractivity contribution >= 4 is 51.7 Å². The first-order valence-corrected chi connectivity index (χ1v) is 8.24. The molecule has 132 valence electrons. The summed E-state index contributed by atoms with van der Waals surface area (Å²) < 4.78 is 5.02. The van der Waals surface area contributed by atoms with Gasteiger partial charge in [-0.05, 0) is 18.2 Å². The lowest BCUT2D eigenvalue weighted by atomic mass is 10.1. The number of pyridine rings is 1. The van der Waals surface area contributed by atoms with Crippen molar-refractivity contribution in [3.63, 3.8) is 0 Å². The van der Waals surface area contributed by atoms with E-state index in [-0.39, 0.29) is 15.6 Å². The molecule has 26 heavy (non-hydrogen) atoms. The zero-order chi connectivity index (χ0) is 18.7. The van der Waals surface area contributed by atoms with Crippen LogP contribution in [0.25, 0.3) is 10.9 Å². The maximum atomic E-state index is 12.3. The summed E-state index contributed by atoms with van der Waals surface area (Å²) in [6, 6.07) is 12.7. The van der Waals surface area contributed by atoms with Crippen LogP contribution in [0, 0.1) is 0 Å². The number of H-pyrrole nitrogens is 1. The van der Waals surface area contributed by atoms with Gasteiger partial charge in [-0.1, -0.05) is 47.5 Å². The van der Waals surface area contributed by atoms with Gasteiger partial charge < -0.3 is 15.0 Å². The fourth-order valence-corrected chi connectivity index (χ4v) is 2.72. The number of carbonyl (C=O) groups excluding carboxylic acids is 2. The average Bonchev–Trinajstić information content (AvgIpc) is 2.62. The summed E-state index contributed by atoms with van der Waals surface area (Å²) in [6.45, 7) is -0.539. The lowest BCUT2D eigenvalue weighted by molar-refractivity contribution is -0.119. The van der Waals surface area contributed by atoms with E-state index in [0.29, 0.717) is 16.6 Å². The minimum Gasteiger partial charge on any atom is -0.452 e. The summed E-state index contributed by atoms with van der Waals surface area (Å²) in [5.41, 5.74) is 0.452. The van der Waals surface area contributed by atoms with Crippen molar-refractivity contribution in [1.82, 2.24) is 4.98 Å². The van der Waals surface area contributed by atoms with Crippen LogP contribution < -0.4 is 10.9 Å². The molecule has 0 fully saturated rings. The maximum Gasteiger partial charge on any atom is 0.339 e. The van der Waals surface area contributed by atoms with E-state index in [1.54, 1.807) is 42.5 Å². The van der Waals surface area contributed by atoms with Crippen LogP contribution in [-0.2, 0) is 9.53 Å². The molecule has 0 aliphatic heterocycles. The van der Waals surface area contributed by atoms with Gasteiger partial charge in [-0.2, -0.15) is 0 Å². The molecule has 0 spiro atoms. The molecule has 3 aromatic rings. The van der Waals surface area contributed by atoms with Crippen LogP contribution in [-0.4, -0.2) is 23.5 Å². The monoisotopic (exact) mass is 390 g/mol. The summed E-state index contributed by atoms with van der Waals surface area (Å²) >= 11 is 11.9. The first-order valence-electron chi connectivity index (χ1n) is 7.49. The minimum absolute atomic E-state index is 0.0814.